The number of aliphatic hydroxyl groups is 2. The summed E-state index contributed by atoms with van der Waals surface area (Å²) >= 11 is 12.5. The van der Waals surface area contributed by atoms with Crippen LogP contribution in [0.15, 0.2) is 79.1 Å². The minimum absolute atomic E-state index is 0.203. The maximum absolute atomic E-state index is 18.1. The molecular weight excluding hydrogens is 566 g/mol. The summed E-state index contributed by atoms with van der Waals surface area (Å²) in [6, 6.07) is 18.9. The summed E-state index contributed by atoms with van der Waals surface area (Å²) in [7, 11) is 0. The predicted molar refractivity (Wildman–Crippen MR) is 154 cm³/mol. The zero-order chi connectivity index (χ0) is 28.8. The van der Waals surface area contributed by atoms with Crippen molar-refractivity contribution in [1.29, 1.82) is 0 Å². The molecule has 7 nitrogen and oxygen atoms in total. The fraction of sp³-hybridized carbons (Fsp3) is 0.355. The van der Waals surface area contributed by atoms with E-state index in [1.807, 2.05) is 37.3 Å². The van der Waals surface area contributed by atoms with Gasteiger partial charge in [-0.2, -0.15) is 9.49 Å². The molecule has 214 valence electrons. The molecule has 2 unspecified atom stereocenters. The highest BCUT2D eigenvalue weighted by atomic mass is 35.5. The Kier molecular flexibility index (Phi) is 7.43. The van der Waals surface area contributed by atoms with Crippen LogP contribution < -0.4 is 0 Å². The van der Waals surface area contributed by atoms with Gasteiger partial charge in [-0.3, -0.25) is 9.67 Å². The number of aryl methyl sites for hydroxylation is 1. The second-order valence-electron chi connectivity index (χ2n) is 10.8. The molecule has 1 fully saturated rings. The molecular formula is C31H31Cl2FN4O3. The van der Waals surface area contributed by atoms with Gasteiger partial charge in [-0.15, -0.1) is 0 Å². The van der Waals surface area contributed by atoms with Gasteiger partial charge in [0.1, 0.15) is 0 Å². The Hall–Kier alpha value is -2.85. The summed E-state index contributed by atoms with van der Waals surface area (Å²) < 4.78 is 26.0. The van der Waals surface area contributed by atoms with Crippen molar-refractivity contribution in [2.45, 2.75) is 55.9 Å². The second-order valence-corrected chi connectivity index (χ2v) is 11.7. The molecule has 1 saturated carbocycles. The fourth-order valence-electron chi connectivity index (χ4n) is 5.86. The van der Waals surface area contributed by atoms with Crippen molar-refractivity contribution in [3.8, 4) is 0 Å². The van der Waals surface area contributed by atoms with E-state index >= 15 is 4.39 Å². The molecule has 2 aliphatic rings. The average molecular weight is 598 g/mol. The van der Waals surface area contributed by atoms with E-state index in [4.69, 9.17) is 27.9 Å². The van der Waals surface area contributed by atoms with Crippen molar-refractivity contribution in [3.05, 3.63) is 117 Å². The van der Waals surface area contributed by atoms with Crippen molar-refractivity contribution in [3.63, 3.8) is 0 Å². The van der Waals surface area contributed by atoms with Crippen LogP contribution in [0.5, 0.6) is 0 Å². The Morgan fingerprint density at radius 2 is 1.71 bits per heavy atom. The van der Waals surface area contributed by atoms with Crippen LogP contribution in [0.4, 0.5) is 4.39 Å². The number of alkyl halides is 1. The highest BCUT2D eigenvalue weighted by molar-refractivity contribution is 6.30. The van der Waals surface area contributed by atoms with Crippen molar-refractivity contribution in [1.82, 2.24) is 19.7 Å². The maximum atomic E-state index is 18.1. The molecule has 2 N–H and O–H groups in total. The van der Waals surface area contributed by atoms with E-state index in [9.17, 15) is 10.2 Å². The molecule has 0 saturated heterocycles. The maximum Gasteiger partial charge on any atom is 0.298 e. The van der Waals surface area contributed by atoms with E-state index in [2.05, 4.69) is 10.1 Å². The highest BCUT2D eigenvalue weighted by Crippen LogP contribution is 2.59. The van der Waals surface area contributed by atoms with Gasteiger partial charge in [0.05, 0.1) is 41.1 Å². The third kappa shape index (κ3) is 4.96. The number of hydrogen-bond acceptors (Lipinski definition) is 6. The molecule has 41 heavy (non-hydrogen) atoms. The van der Waals surface area contributed by atoms with E-state index in [-0.39, 0.29) is 13.0 Å². The molecule has 2 aromatic carbocycles. The van der Waals surface area contributed by atoms with Crippen LogP contribution in [0.3, 0.4) is 0 Å². The SMILES string of the molecule is CCn1ccc(C(CO)N2C(F)(OCC3(O)CC3)c3ccccc3[C@@]2(Cc2ccc(Cl)cn2)c2ccc(Cl)cc2)n1. The Balaban J connectivity index is 1.63. The number of ether oxygens (including phenoxy) is 1. The van der Waals surface area contributed by atoms with Crippen LogP contribution >= 0.6 is 23.2 Å². The summed E-state index contributed by atoms with van der Waals surface area (Å²) in [6.07, 6.45) is 4.65. The second kappa shape index (κ2) is 10.8. The number of benzene rings is 2. The lowest BCUT2D eigenvalue weighted by Crippen LogP contribution is -2.55. The standard InChI is InChI=1S/C31H31Cl2FN4O3/c1-2-37-16-13-27(36-37)28(19-39)38-30(21-7-9-22(32)10-8-21,17-24-12-11-23(33)18-35-24)25-5-3-4-6-26(25)31(38,34)41-20-29(40)14-15-29/h3-13,16,18,28,39-40H,2,14-15,17,19-20H2,1H3/t28?,30-,31?/m1/s1. The number of aromatic nitrogens is 3. The van der Waals surface area contributed by atoms with Crippen LogP contribution in [0, 0.1) is 0 Å². The number of rotatable bonds is 10. The van der Waals surface area contributed by atoms with Gasteiger partial charge in [0, 0.05) is 41.6 Å². The Morgan fingerprint density at radius 1 is 1.00 bits per heavy atom. The van der Waals surface area contributed by atoms with Crippen LogP contribution in [0.25, 0.3) is 0 Å². The van der Waals surface area contributed by atoms with Gasteiger partial charge < -0.3 is 14.9 Å². The van der Waals surface area contributed by atoms with Gasteiger partial charge in [0.2, 0.25) is 0 Å². The lowest BCUT2D eigenvalue weighted by atomic mass is 9.78. The van der Waals surface area contributed by atoms with Crippen LogP contribution in [-0.2, 0) is 29.2 Å². The van der Waals surface area contributed by atoms with E-state index in [1.165, 1.54) is 0 Å². The van der Waals surface area contributed by atoms with E-state index in [1.54, 1.807) is 58.4 Å². The summed E-state index contributed by atoms with van der Waals surface area (Å²) in [4.78, 5) is 6.15. The molecule has 1 aliphatic carbocycles. The molecule has 2 aromatic heterocycles. The molecule has 0 amide bonds. The first-order chi connectivity index (χ1) is 19.7. The van der Waals surface area contributed by atoms with E-state index < -0.39 is 29.8 Å². The number of hydrogen-bond donors (Lipinski definition) is 2. The molecule has 10 heteroatoms. The zero-order valence-electron chi connectivity index (χ0n) is 22.6. The first-order valence-corrected chi connectivity index (χ1v) is 14.4. The molecule has 0 spiro atoms. The fourth-order valence-corrected chi connectivity index (χ4v) is 6.10. The van der Waals surface area contributed by atoms with Crippen molar-refractivity contribution in [2.24, 2.45) is 0 Å². The van der Waals surface area contributed by atoms with Gasteiger partial charge in [0.15, 0.2) is 0 Å². The molecule has 0 bridgehead atoms. The van der Waals surface area contributed by atoms with Gasteiger partial charge >= 0.3 is 0 Å². The summed E-state index contributed by atoms with van der Waals surface area (Å²) in [5.74, 6) is -2.54. The first kappa shape index (κ1) is 28.3. The summed E-state index contributed by atoms with van der Waals surface area (Å²) in [6.45, 7) is 1.92. The van der Waals surface area contributed by atoms with Crippen molar-refractivity contribution < 1.29 is 19.3 Å². The number of halogens is 3. The van der Waals surface area contributed by atoms with E-state index in [0.29, 0.717) is 51.9 Å². The molecule has 4 aromatic rings. The van der Waals surface area contributed by atoms with Gasteiger partial charge in [-0.25, -0.2) is 4.90 Å². The van der Waals surface area contributed by atoms with Gasteiger partial charge in [-0.05, 0) is 61.2 Å². The van der Waals surface area contributed by atoms with Crippen LogP contribution in [0.1, 0.15) is 53.9 Å². The molecule has 0 radical (unpaired) electrons. The summed E-state index contributed by atoms with van der Waals surface area (Å²) in [5, 5.41) is 27.4. The zero-order valence-corrected chi connectivity index (χ0v) is 24.1. The Morgan fingerprint density at radius 3 is 2.32 bits per heavy atom. The normalized spacial score (nSPS) is 23.9. The molecule has 1 aliphatic heterocycles. The predicted octanol–water partition coefficient (Wildman–Crippen LogP) is 5.76. The monoisotopic (exact) mass is 596 g/mol. The van der Waals surface area contributed by atoms with Crippen LogP contribution in [-0.4, -0.2) is 48.7 Å². The third-order valence-corrected chi connectivity index (χ3v) is 8.62. The van der Waals surface area contributed by atoms with Crippen molar-refractivity contribution in [2.75, 3.05) is 13.2 Å². The molecule has 3 heterocycles. The topological polar surface area (TPSA) is 83.6 Å². The van der Waals surface area contributed by atoms with E-state index in [0.717, 1.165) is 5.56 Å². The number of aliphatic hydroxyl groups excluding tert-OH is 1. The quantitative estimate of drug-likeness (QED) is 0.226. The van der Waals surface area contributed by atoms with Gasteiger partial charge in [-0.1, -0.05) is 59.6 Å². The number of nitrogens with zero attached hydrogens (tertiary/aromatic N) is 4. The van der Waals surface area contributed by atoms with Gasteiger partial charge in [0.25, 0.3) is 5.98 Å². The largest absolute Gasteiger partial charge is 0.394 e. The smallest absolute Gasteiger partial charge is 0.298 e. The third-order valence-electron chi connectivity index (χ3n) is 8.14. The Bertz CT molecular complexity index is 1530. The molecule has 3 atom stereocenters. The number of pyridine rings is 1. The summed E-state index contributed by atoms with van der Waals surface area (Å²) in [5.41, 5.74) is 0.505. The minimum Gasteiger partial charge on any atom is -0.394 e. The number of fused-ring (bicyclic) bond motifs is 1. The Labute approximate surface area is 248 Å². The average Bonchev–Trinajstić information content (AvgIpc) is 3.46. The van der Waals surface area contributed by atoms with Crippen LogP contribution in [0.2, 0.25) is 10.0 Å². The van der Waals surface area contributed by atoms with Crippen molar-refractivity contribution >= 4 is 23.2 Å². The lowest BCUT2D eigenvalue weighted by molar-refractivity contribution is -0.292. The first-order valence-electron chi connectivity index (χ1n) is 13.7. The lowest BCUT2D eigenvalue weighted by Gasteiger charge is -2.47. The molecule has 6 rings (SSSR count). The highest BCUT2D eigenvalue weighted by Gasteiger charge is 2.64. The minimum atomic E-state index is -2.54.